The highest BCUT2D eigenvalue weighted by atomic mass is 16.6. The predicted octanol–water partition coefficient (Wildman–Crippen LogP) is 6.02. The average Bonchev–Trinajstić information content (AvgIpc) is 3.28. The van der Waals surface area contributed by atoms with Crippen LogP contribution < -0.4 is 0 Å². The van der Waals surface area contributed by atoms with Crippen LogP contribution in [0.4, 0.5) is 4.79 Å². The third-order valence-electron chi connectivity index (χ3n) is 8.90. The molecule has 0 aromatic heterocycles. The highest BCUT2D eigenvalue weighted by Crippen LogP contribution is 2.75. The van der Waals surface area contributed by atoms with Crippen LogP contribution in [-0.4, -0.2) is 47.7 Å². The second kappa shape index (κ2) is 8.21. The molecule has 2 aliphatic heterocycles. The fourth-order valence-corrected chi connectivity index (χ4v) is 7.66. The molecule has 1 spiro atoms. The zero-order valence-electron chi connectivity index (χ0n) is 21.6. The van der Waals surface area contributed by atoms with Crippen LogP contribution >= 0.6 is 0 Å². The van der Waals surface area contributed by atoms with E-state index in [1.54, 1.807) is 0 Å². The van der Waals surface area contributed by atoms with Crippen LogP contribution in [0.3, 0.4) is 0 Å². The van der Waals surface area contributed by atoms with E-state index in [9.17, 15) is 4.79 Å². The van der Waals surface area contributed by atoms with Crippen LogP contribution in [0.2, 0.25) is 0 Å². The van der Waals surface area contributed by atoms with Gasteiger partial charge < -0.3 is 9.64 Å². The Labute approximate surface area is 214 Å². The second-order valence-corrected chi connectivity index (χ2v) is 12.1. The number of likely N-dealkylation sites (tertiary alicyclic amines) is 2. The Bertz CT molecular complexity index is 1240. The van der Waals surface area contributed by atoms with Gasteiger partial charge in [0.05, 0.1) is 0 Å². The van der Waals surface area contributed by atoms with Gasteiger partial charge in [-0.25, -0.2) is 4.79 Å². The normalized spacial score (nSPS) is 29.4. The van der Waals surface area contributed by atoms with Crippen LogP contribution in [0.25, 0.3) is 0 Å². The molecule has 0 bridgehead atoms. The summed E-state index contributed by atoms with van der Waals surface area (Å²) >= 11 is 0. The van der Waals surface area contributed by atoms with Crippen LogP contribution in [0, 0.1) is 5.41 Å². The van der Waals surface area contributed by atoms with Crippen LogP contribution in [-0.2, 0) is 22.1 Å². The van der Waals surface area contributed by atoms with Gasteiger partial charge in [0.1, 0.15) is 5.60 Å². The van der Waals surface area contributed by atoms with E-state index in [0.717, 1.165) is 32.6 Å². The van der Waals surface area contributed by atoms with Crippen LogP contribution in [0.5, 0.6) is 0 Å². The minimum atomic E-state index is -0.512. The van der Waals surface area contributed by atoms with Crippen molar-refractivity contribution in [3.8, 4) is 0 Å². The standard InChI is InChI=1S/C32H36N2O2/c1-29(2,3)36-28(35)34-22-31(27-17-11-6-12-18-27)20-30(26-15-9-5-10-16-26)21-33(23-32(30,31)24-34)19-25-13-7-4-8-14-25/h4-18H,19-24H2,1-3H3. The van der Waals surface area contributed by atoms with Crippen molar-refractivity contribution in [3.05, 3.63) is 108 Å². The third-order valence-corrected chi connectivity index (χ3v) is 8.90. The monoisotopic (exact) mass is 480 g/mol. The zero-order valence-corrected chi connectivity index (χ0v) is 21.6. The molecule has 2 heterocycles. The quantitative estimate of drug-likeness (QED) is 0.458. The smallest absolute Gasteiger partial charge is 0.410 e. The minimum Gasteiger partial charge on any atom is -0.444 e. The molecule has 1 saturated carbocycles. The molecule has 3 aliphatic rings. The molecule has 0 N–H and O–H groups in total. The molecule has 0 radical (unpaired) electrons. The van der Waals surface area contributed by atoms with Gasteiger partial charge in [0, 0.05) is 49.0 Å². The molecule has 1 amide bonds. The molecule has 3 unspecified atom stereocenters. The largest absolute Gasteiger partial charge is 0.444 e. The predicted molar refractivity (Wildman–Crippen MR) is 143 cm³/mol. The first-order chi connectivity index (χ1) is 17.3. The van der Waals surface area contributed by atoms with Gasteiger partial charge in [-0.05, 0) is 43.9 Å². The Balaban J connectivity index is 1.45. The molecule has 1 aliphatic carbocycles. The van der Waals surface area contributed by atoms with Gasteiger partial charge in [0.2, 0.25) is 0 Å². The van der Waals surface area contributed by atoms with E-state index in [0.29, 0.717) is 6.54 Å². The van der Waals surface area contributed by atoms with Gasteiger partial charge in [0.15, 0.2) is 0 Å². The van der Waals surface area contributed by atoms with Gasteiger partial charge in [-0.3, -0.25) is 4.90 Å². The Morgan fingerprint density at radius 1 is 0.750 bits per heavy atom. The van der Waals surface area contributed by atoms with Crippen molar-refractivity contribution in [2.45, 2.75) is 50.2 Å². The fourth-order valence-electron chi connectivity index (χ4n) is 7.66. The number of hydrogen-bond acceptors (Lipinski definition) is 3. The minimum absolute atomic E-state index is 0.00432. The third kappa shape index (κ3) is 3.42. The summed E-state index contributed by atoms with van der Waals surface area (Å²) in [5, 5.41) is 0. The molecule has 3 aromatic rings. The summed E-state index contributed by atoms with van der Waals surface area (Å²) in [4.78, 5) is 18.1. The van der Waals surface area contributed by atoms with E-state index in [4.69, 9.17) is 4.74 Å². The van der Waals surface area contributed by atoms with Crippen molar-refractivity contribution in [2.75, 3.05) is 26.2 Å². The van der Waals surface area contributed by atoms with Crippen molar-refractivity contribution in [2.24, 2.45) is 5.41 Å². The SMILES string of the molecule is CC(C)(C)OC(=O)N1CC2(c3ccccc3)CC3(c4ccccc4)CN(Cc4ccccc4)CC32C1. The molecule has 3 atom stereocenters. The number of benzene rings is 3. The molecule has 6 rings (SSSR count). The van der Waals surface area contributed by atoms with Crippen molar-refractivity contribution in [1.82, 2.24) is 9.80 Å². The number of rotatable bonds is 4. The molecular formula is C32H36N2O2. The van der Waals surface area contributed by atoms with Gasteiger partial charge >= 0.3 is 6.09 Å². The molecule has 4 heteroatoms. The fraction of sp³-hybridized carbons (Fsp3) is 0.406. The lowest BCUT2D eigenvalue weighted by Crippen LogP contribution is -2.69. The highest BCUT2D eigenvalue weighted by Gasteiger charge is 2.80. The topological polar surface area (TPSA) is 32.8 Å². The lowest BCUT2D eigenvalue weighted by atomic mass is 9.36. The van der Waals surface area contributed by atoms with Crippen molar-refractivity contribution < 1.29 is 9.53 Å². The van der Waals surface area contributed by atoms with E-state index in [1.807, 2.05) is 25.7 Å². The van der Waals surface area contributed by atoms with Crippen molar-refractivity contribution in [3.63, 3.8) is 0 Å². The second-order valence-electron chi connectivity index (χ2n) is 12.1. The molecular weight excluding hydrogens is 444 g/mol. The van der Waals surface area contributed by atoms with Gasteiger partial charge in [-0.15, -0.1) is 0 Å². The Kier molecular flexibility index (Phi) is 5.31. The lowest BCUT2D eigenvalue weighted by molar-refractivity contribution is -0.0348. The molecule has 4 nitrogen and oxygen atoms in total. The molecule has 3 fully saturated rings. The number of amides is 1. The Morgan fingerprint density at radius 3 is 1.83 bits per heavy atom. The number of carbonyl (C=O) groups is 1. The van der Waals surface area contributed by atoms with Gasteiger partial charge in [0.25, 0.3) is 0 Å². The zero-order chi connectivity index (χ0) is 25.0. The molecule has 2 saturated heterocycles. The molecule has 36 heavy (non-hydrogen) atoms. The summed E-state index contributed by atoms with van der Waals surface area (Å²) in [6.07, 6.45) is 0.851. The number of hydrogen-bond donors (Lipinski definition) is 0. The summed E-state index contributed by atoms with van der Waals surface area (Å²) in [6, 6.07) is 32.7. The summed E-state index contributed by atoms with van der Waals surface area (Å²) < 4.78 is 5.91. The summed E-state index contributed by atoms with van der Waals surface area (Å²) in [6.45, 7) is 10.2. The highest BCUT2D eigenvalue weighted by molar-refractivity contribution is 5.70. The van der Waals surface area contributed by atoms with Crippen molar-refractivity contribution >= 4 is 6.09 Å². The van der Waals surface area contributed by atoms with E-state index in [1.165, 1.54) is 16.7 Å². The maximum Gasteiger partial charge on any atom is 0.410 e. The van der Waals surface area contributed by atoms with E-state index in [2.05, 4.69) is 95.9 Å². The number of ether oxygens (including phenoxy) is 1. The van der Waals surface area contributed by atoms with E-state index >= 15 is 0 Å². The number of nitrogens with zero attached hydrogens (tertiary/aromatic N) is 2. The summed E-state index contributed by atoms with van der Waals surface area (Å²) in [7, 11) is 0. The van der Waals surface area contributed by atoms with Crippen molar-refractivity contribution in [1.29, 1.82) is 0 Å². The first-order valence-corrected chi connectivity index (χ1v) is 13.1. The maximum atomic E-state index is 13.4. The lowest BCUT2D eigenvalue weighted by Gasteiger charge is -2.65. The van der Waals surface area contributed by atoms with Gasteiger partial charge in [-0.2, -0.15) is 0 Å². The first-order valence-electron chi connectivity index (χ1n) is 13.1. The Hall–Kier alpha value is -3.11. The maximum absolute atomic E-state index is 13.4. The van der Waals surface area contributed by atoms with E-state index in [-0.39, 0.29) is 22.3 Å². The molecule has 186 valence electrons. The number of carbonyl (C=O) groups excluding carboxylic acids is 1. The summed E-state index contributed by atoms with van der Waals surface area (Å²) in [5.41, 5.74) is 3.41. The van der Waals surface area contributed by atoms with Crippen LogP contribution in [0.1, 0.15) is 43.9 Å². The molecule has 3 aromatic carbocycles. The average molecular weight is 481 g/mol. The first kappa shape index (κ1) is 23.3. The summed E-state index contributed by atoms with van der Waals surface area (Å²) in [5.74, 6) is 0. The van der Waals surface area contributed by atoms with Gasteiger partial charge in [-0.1, -0.05) is 91.0 Å². The van der Waals surface area contributed by atoms with Crippen LogP contribution in [0.15, 0.2) is 91.0 Å². The Morgan fingerprint density at radius 2 is 1.28 bits per heavy atom. The van der Waals surface area contributed by atoms with E-state index < -0.39 is 5.60 Å².